The molecule has 0 bridgehead atoms. The summed E-state index contributed by atoms with van der Waals surface area (Å²) in [5, 5.41) is 13.9. The number of hydrogen-bond acceptors (Lipinski definition) is 2. The standard InChI is InChI=1S/C57H42N2/c1-57(2)52-34-31-40-17-9-10-22-48(40)56(52)51-33-29-43(35-53(51)57)38-25-27-41(28-26-38)47-32-30-44(46-21-11-13-23-49(46)47)37-59-55(36-54(58)42-18-7-4-8-19-42)50-24-14-12-20-45(50)39-15-5-3-6-16-39/h3-37,58H,1-2H3/b55-36-,58-54?,59-37?. The van der Waals surface area contributed by atoms with Crippen molar-refractivity contribution in [2.45, 2.75) is 19.3 Å². The van der Waals surface area contributed by atoms with Crippen LogP contribution in [-0.2, 0) is 5.41 Å². The summed E-state index contributed by atoms with van der Waals surface area (Å²) in [6, 6.07) is 70.9. The van der Waals surface area contributed by atoms with Gasteiger partial charge in [0.05, 0.1) is 11.4 Å². The molecule has 0 spiro atoms. The molecule has 0 saturated carbocycles. The molecule has 0 unspecified atom stereocenters. The number of rotatable bonds is 8. The Morgan fingerprint density at radius 3 is 1.88 bits per heavy atom. The van der Waals surface area contributed by atoms with E-state index in [-0.39, 0.29) is 5.41 Å². The van der Waals surface area contributed by atoms with Crippen molar-refractivity contribution in [2.75, 3.05) is 0 Å². The van der Waals surface area contributed by atoms with Gasteiger partial charge in [-0.2, -0.15) is 0 Å². The van der Waals surface area contributed by atoms with Crippen molar-refractivity contribution in [3.63, 3.8) is 0 Å². The number of benzene rings is 9. The molecule has 0 fully saturated rings. The highest BCUT2D eigenvalue weighted by molar-refractivity contribution is 6.12. The predicted octanol–water partition coefficient (Wildman–Crippen LogP) is 14.8. The number of fused-ring (bicyclic) bond motifs is 6. The van der Waals surface area contributed by atoms with Gasteiger partial charge < -0.3 is 5.41 Å². The Bertz CT molecular complexity index is 3110. The smallest absolute Gasteiger partial charge is 0.0729 e. The first-order valence-corrected chi connectivity index (χ1v) is 20.3. The van der Waals surface area contributed by atoms with Crippen molar-refractivity contribution in [2.24, 2.45) is 4.99 Å². The predicted molar refractivity (Wildman–Crippen MR) is 251 cm³/mol. The van der Waals surface area contributed by atoms with Crippen LogP contribution in [0.5, 0.6) is 0 Å². The van der Waals surface area contributed by atoms with E-state index in [1.807, 2.05) is 54.8 Å². The van der Waals surface area contributed by atoms with E-state index in [1.165, 1.54) is 60.7 Å². The highest BCUT2D eigenvalue weighted by atomic mass is 14.7. The highest BCUT2D eigenvalue weighted by Crippen LogP contribution is 2.52. The first kappa shape index (κ1) is 36.0. The van der Waals surface area contributed by atoms with Crippen LogP contribution in [0, 0.1) is 5.41 Å². The molecule has 0 radical (unpaired) electrons. The zero-order valence-electron chi connectivity index (χ0n) is 33.2. The summed E-state index contributed by atoms with van der Waals surface area (Å²) in [5.41, 5.74) is 16.4. The van der Waals surface area contributed by atoms with Gasteiger partial charge in [-0.05, 0) is 94.9 Å². The molecule has 9 aromatic carbocycles. The van der Waals surface area contributed by atoms with Crippen molar-refractivity contribution < 1.29 is 0 Å². The molecule has 0 saturated heterocycles. The fourth-order valence-corrected chi connectivity index (χ4v) is 8.95. The van der Waals surface area contributed by atoms with Gasteiger partial charge in [-0.25, -0.2) is 0 Å². The van der Waals surface area contributed by atoms with E-state index in [9.17, 15) is 0 Å². The lowest BCUT2D eigenvalue weighted by Crippen LogP contribution is -2.15. The second-order valence-corrected chi connectivity index (χ2v) is 15.9. The van der Waals surface area contributed by atoms with Gasteiger partial charge in [0, 0.05) is 22.8 Å². The molecule has 0 aromatic heterocycles. The Morgan fingerprint density at radius 1 is 0.475 bits per heavy atom. The minimum absolute atomic E-state index is 0.0832. The van der Waals surface area contributed by atoms with E-state index in [0.29, 0.717) is 5.71 Å². The zero-order chi connectivity index (χ0) is 39.9. The molecule has 0 heterocycles. The highest BCUT2D eigenvalue weighted by Gasteiger charge is 2.36. The molecular weight excluding hydrogens is 713 g/mol. The lowest BCUT2D eigenvalue weighted by Gasteiger charge is -2.22. The molecule has 0 amide bonds. The quantitative estimate of drug-likeness (QED) is 0.150. The van der Waals surface area contributed by atoms with Crippen LogP contribution in [0.3, 0.4) is 0 Å². The summed E-state index contributed by atoms with van der Waals surface area (Å²) in [6.45, 7) is 4.71. The molecule has 1 N–H and O–H groups in total. The molecule has 59 heavy (non-hydrogen) atoms. The second kappa shape index (κ2) is 14.8. The Labute approximate surface area is 346 Å². The first-order chi connectivity index (χ1) is 28.9. The average Bonchev–Trinajstić information content (AvgIpc) is 3.53. The number of nitrogens with zero attached hydrogens (tertiary/aromatic N) is 1. The number of nitrogens with one attached hydrogen (secondary N) is 1. The van der Waals surface area contributed by atoms with Crippen LogP contribution >= 0.6 is 0 Å². The number of aliphatic imine (C=N–C) groups is 1. The van der Waals surface area contributed by atoms with Crippen LogP contribution in [0.25, 0.3) is 71.7 Å². The second-order valence-electron chi connectivity index (χ2n) is 15.9. The van der Waals surface area contributed by atoms with Gasteiger partial charge in [-0.3, -0.25) is 4.99 Å². The summed E-state index contributed by atoms with van der Waals surface area (Å²) in [6.07, 6.45) is 3.84. The van der Waals surface area contributed by atoms with Crippen LogP contribution in [0.15, 0.2) is 211 Å². The Morgan fingerprint density at radius 2 is 1.08 bits per heavy atom. The van der Waals surface area contributed by atoms with Crippen molar-refractivity contribution in [3.05, 3.63) is 234 Å². The van der Waals surface area contributed by atoms with Crippen LogP contribution in [0.4, 0.5) is 0 Å². The number of hydrogen-bond donors (Lipinski definition) is 1. The summed E-state index contributed by atoms with van der Waals surface area (Å²) < 4.78 is 0. The SMILES string of the molecule is CC1(C)c2cc(-c3ccc(-c4ccc(C=N/C(=C\C(=N)c5ccccc5)c5ccccc5-c5ccccc5)c5ccccc45)cc3)ccc2-c2c1ccc1ccccc21. The third-order valence-corrected chi connectivity index (χ3v) is 12.0. The van der Waals surface area contributed by atoms with Crippen LogP contribution in [-0.4, -0.2) is 11.9 Å². The van der Waals surface area contributed by atoms with E-state index in [2.05, 4.69) is 172 Å². The van der Waals surface area contributed by atoms with Crippen molar-refractivity contribution in [1.29, 1.82) is 5.41 Å². The van der Waals surface area contributed by atoms with Crippen molar-refractivity contribution in [3.8, 4) is 44.5 Å². The molecule has 10 rings (SSSR count). The maximum atomic E-state index is 9.05. The third-order valence-electron chi connectivity index (χ3n) is 12.0. The lowest BCUT2D eigenvalue weighted by molar-refractivity contribution is 0.661. The first-order valence-electron chi connectivity index (χ1n) is 20.3. The average molecular weight is 755 g/mol. The van der Waals surface area contributed by atoms with Gasteiger partial charge >= 0.3 is 0 Å². The van der Waals surface area contributed by atoms with Crippen molar-refractivity contribution >= 4 is 39.2 Å². The Hall–Kier alpha value is -7.42. The van der Waals surface area contributed by atoms with Gasteiger partial charge in [0.25, 0.3) is 0 Å². The molecule has 0 atom stereocenters. The van der Waals surface area contributed by atoms with E-state index < -0.39 is 0 Å². The zero-order valence-corrected chi connectivity index (χ0v) is 33.2. The van der Waals surface area contributed by atoms with Crippen molar-refractivity contribution in [1.82, 2.24) is 0 Å². The summed E-state index contributed by atoms with van der Waals surface area (Å²) in [4.78, 5) is 5.17. The molecular formula is C57H42N2. The van der Waals surface area contributed by atoms with Gasteiger partial charge in [0.15, 0.2) is 0 Å². The van der Waals surface area contributed by atoms with E-state index >= 15 is 0 Å². The molecule has 9 aromatic rings. The van der Waals surface area contributed by atoms with E-state index in [4.69, 9.17) is 10.4 Å². The van der Waals surface area contributed by atoms with E-state index in [0.717, 1.165) is 38.9 Å². The minimum atomic E-state index is -0.0832. The number of allylic oxidation sites excluding steroid dienone is 1. The maximum absolute atomic E-state index is 9.05. The van der Waals surface area contributed by atoms with Crippen LogP contribution in [0.2, 0.25) is 0 Å². The molecule has 2 heteroatoms. The summed E-state index contributed by atoms with van der Waals surface area (Å²) >= 11 is 0. The largest absolute Gasteiger partial charge is 0.300 e. The normalized spacial score (nSPS) is 13.2. The molecule has 0 aliphatic heterocycles. The van der Waals surface area contributed by atoms with Crippen LogP contribution in [0.1, 0.15) is 41.7 Å². The monoisotopic (exact) mass is 754 g/mol. The van der Waals surface area contributed by atoms with Gasteiger partial charge in [0.2, 0.25) is 0 Å². The Kier molecular flexibility index (Phi) is 9.03. The third kappa shape index (κ3) is 6.49. The lowest BCUT2D eigenvalue weighted by atomic mass is 9.81. The molecule has 2 nitrogen and oxygen atoms in total. The van der Waals surface area contributed by atoms with Gasteiger partial charge in [-0.1, -0.05) is 208 Å². The molecule has 1 aliphatic rings. The Balaban J connectivity index is 0.994. The van der Waals surface area contributed by atoms with E-state index in [1.54, 1.807) is 0 Å². The fourth-order valence-electron chi connectivity index (χ4n) is 8.95. The van der Waals surface area contributed by atoms with Crippen LogP contribution < -0.4 is 0 Å². The topological polar surface area (TPSA) is 36.2 Å². The molecule has 1 aliphatic carbocycles. The van der Waals surface area contributed by atoms with Gasteiger partial charge in [0.1, 0.15) is 0 Å². The molecule has 280 valence electrons. The maximum Gasteiger partial charge on any atom is 0.0729 e. The fraction of sp³-hybridized carbons (Fsp3) is 0.0526. The minimum Gasteiger partial charge on any atom is -0.300 e. The van der Waals surface area contributed by atoms with Gasteiger partial charge in [-0.15, -0.1) is 0 Å². The summed E-state index contributed by atoms with van der Waals surface area (Å²) in [5.74, 6) is 0. The summed E-state index contributed by atoms with van der Waals surface area (Å²) in [7, 11) is 0.